The number of carbonyl (C=O) groups excluding carboxylic acids is 4. The van der Waals surface area contributed by atoms with Crippen molar-refractivity contribution in [1.82, 2.24) is 16.0 Å². The van der Waals surface area contributed by atoms with Crippen molar-refractivity contribution in [2.24, 2.45) is 0 Å². The Kier molecular flexibility index (Phi) is 9.95. The summed E-state index contributed by atoms with van der Waals surface area (Å²) in [6.45, 7) is 1.77. The van der Waals surface area contributed by atoms with Gasteiger partial charge in [0.2, 0.25) is 5.91 Å². The highest BCUT2D eigenvalue weighted by Gasteiger charge is 2.26. The van der Waals surface area contributed by atoms with E-state index in [4.69, 9.17) is 38.4 Å². The van der Waals surface area contributed by atoms with Gasteiger partial charge in [0.25, 0.3) is 11.8 Å². The smallest absolute Gasteiger partial charge is 0.330 e. The van der Waals surface area contributed by atoms with Crippen LogP contribution < -0.4 is 26.6 Å². The predicted molar refractivity (Wildman–Crippen MR) is 139 cm³/mol. The van der Waals surface area contributed by atoms with E-state index in [0.717, 1.165) is 12.8 Å². The minimum absolute atomic E-state index is 0.0185. The molecule has 13 heteroatoms. The largest absolute Gasteiger partial charge is 0.467 e. The van der Waals surface area contributed by atoms with E-state index < -0.39 is 29.7 Å². The first-order chi connectivity index (χ1) is 17.7. The molecule has 0 aliphatic carbocycles. The second kappa shape index (κ2) is 13.1. The van der Waals surface area contributed by atoms with Crippen LogP contribution in [0, 0.1) is 0 Å². The van der Waals surface area contributed by atoms with Crippen LogP contribution >= 0.6 is 23.2 Å². The number of carbonyl (C=O) groups is 4. The molecule has 0 aromatic heterocycles. The number of methoxy groups -OCH3 is 1. The van der Waals surface area contributed by atoms with Crippen LogP contribution in [0.1, 0.15) is 20.7 Å². The van der Waals surface area contributed by atoms with Crippen molar-refractivity contribution in [2.45, 2.75) is 6.04 Å². The van der Waals surface area contributed by atoms with Crippen molar-refractivity contribution in [3.8, 4) is 0 Å². The number of hydrogen-bond donors (Lipinski definition) is 4. The first kappa shape index (κ1) is 28.0. The standard InChI is InChI=1S/C24H27Cl2N5O6/c1-36-24(35)19(12-28-20(32)13-29-22(33)14-3-2-4-15(27)9-14)30-23(34)21-17(25)10-16(11-18(21)26)31-5-7-37-8-6-31/h2-4,9-11,19H,5-8,12-13,27H2,1H3,(H,28,32)(H,29,33)(H,30,34). The molecule has 1 fully saturated rings. The Bertz CT molecular complexity index is 1150. The number of esters is 1. The van der Waals surface area contributed by atoms with Crippen LogP contribution in [-0.4, -0.2) is 76.2 Å². The van der Waals surface area contributed by atoms with Crippen LogP contribution in [0.4, 0.5) is 11.4 Å². The molecule has 0 spiro atoms. The highest BCUT2D eigenvalue weighted by molar-refractivity contribution is 6.40. The molecule has 198 valence electrons. The number of benzene rings is 2. The third-order valence-electron chi connectivity index (χ3n) is 5.48. The average Bonchev–Trinajstić information content (AvgIpc) is 2.89. The molecule has 2 aromatic rings. The molecule has 1 aliphatic rings. The lowest BCUT2D eigenvalue weighted by atomic mass is 10.1. The van der Waals surface area contributed by atoms with Crippen molar-refractivity contribution < 1.29 is 28.7 Å². The number of hydrogen-bond acceptors (Lipinski definition) is 8. The van der Waals surface area contributed by atoms with Gasteiger partial charge in [0.05, 0.1) is 42.5 Å². The Balaban J connectivity index is 1.59. The number of morpholine rings is 1. The van der Waals surface area contributed by atoms with Gasteiger partial charge in [-0.3, -0.25) is 14.4 Å². The monoisotopic (exact) mass is 551 g/mol. The Labute approximate surface area is 223 Å². The molecular formula is C24H27Cl2N5O6. The lowest BCUT2D eigenvalue weighted by molar-refractivity contribution is -0.142. The second-order valence-electron chi connectivity index (χ2n) is 8.05. The zero-order valence-corrected chi connectivity index (χ0v) is 21.5. The number of halogens is 2. The molecule has 0 radical (unpaired) electrons. The Hall–Kier alpha value is -3.54. The highest BCUT2D eigenvalue weighted by Crippen LogP contribution is 2.31. The molecule has 1 saturated heterocycles. The molecule has 0 saturated carbocycles. The van der Waals surface area contributed by atoms with Gasteiger partial charge in [-0.2, -0.15) is 0 Å². The molecule has 37 heavy (non-hydrogen) atoms. The Morgan fingerprint density at radius 2 is 1.73 bits per heavy atom. The van der Waals surface area contributed by atoms with Crippen molar-refractivity contribution >= 4 is 58.3 Å². The van der Waals surface area contributed by atoms with Gasteiger partial charge in [-0.15, -0.1) is 0 Å². The fourth-order valence-electron chi connectivity index (χ4n) is 3.57. The fourth-order valence-corrected chi connectivity index (χ4v) is 4.21. The van der Waals surface area contributed by atoms with Gasteiger partial charge >= 0.3 is 5.97 Å². The van der Waals surface area contributed by atoms with E-state index in [-0.39, 0.29) is 28.7 Å². The topological polar surface area (TPSA) is 152 Å². The third kappa shape index (κ3) is 7.72. The highest BCUT2D eigenvalue weighted by atomic mass is 35.5. The number of nitrogens with two attached hydrogens (primary N) is 1. The van der Waals surface area contributed by atoms with Gasteiger partial charge in [-0.1, -0.05) is 29.3 Å². The van der Waals surface area contributed by atoms with Crippen LogP contribution in [0.2, 0.25) is 10.0 Å². The molecule has 1 heterocycles. The van der Waals surface area contributed by atoms with Gasteiger partial charge in [0, 0.05) is 36.6 Å². The van der Waals surface area contributed by atoms with E-state index >= 15 is 0 Å². The maximum absolute atomic E-state index is 12.9. The van der Waals surface area contributed by atoms with Crippen molar-refractivity contribution in [2.75, 3.05) is 57.1 Å². The summed E-state index contributed by atoms with van der Waals surface area (Å²) < 4.78 is 10.1. The summed E-state index contributed by atoms with van der Waals surface area (Å²) in [7, 11) is 1.15. The molecule has 3 rings (SSSR count). The summed E-state index contributed by atoms with van der Waals surface area (Å²) >= 11 is 12.7. The van der Waals surface area contributed by atoms with Crippen LogP contribution in [0.3, 0.4) is 0 Å². The maximum atomic E-state index is 12.9. The number of ether oxygens (including phenoxy) is 2. The van der Waals surface area contributed by atoms with E-state index in [1.54, 1.807) is 30.3 Å². The maximum Gasteiger partial charge on any atom is 0.330 e. The lowest BCUT2D eigenvalue weighted by Crippen LogP contribution is -2.50. The number of nitrogens with zero attached hydrogens (tertiary/aromatic N) is 1. The molecular weight excluding hydrogens is 525 g/mol. The summed E-state index contributed by atoms with van der Waals surface area (Å²) in [6.07, 6.45) is 0. The third-order valence-corrected chi connectivity index (χ3v) is 6.08. The normalized spacial score (nSPS) is 13.9. The number of nitrogen functional groups attached to an aromatic ring is 1. The predicted octanol–water partition coefficient (Wildman–Crippen LogP) is 1.23. The number of nitrogens with one attached hydrogen (secondary N) is 3. The zero-order valence-electron chi connectivity index (χ0n) is 20.0. The van der Waals surface area contributed by atoms with E-state index in [0.29, 0.717) is 37.6 Å². The van der Waals surface area contributed by atoms with E-state index in [9.17, 15) is 19.2 Å². The molecule has 1 atom stereocenters. The minimum atomic E-state index is -1.24. The Morgan fingerprint density at radius 1 is 1.05 bits per heavy atom. The minimum Gasteiger partial charge on any atom is -0.467 e. The molecule has 2 aromatic carbocycles. The van der Waals surface area contributed by atoms with Crippen LogP contribution in [-0.2, 0) is 19.1 Å². The van der Waals surface area contributed by atoms with Gasteiger partial charge in [0.1, 0.15) is 6.04 Å². The molecule has 1 unspecified atom stereocenters. The summed E-state index contributed by atoms with van der Waals surface area (Å²) in [5.41, 5.74) is 7.08. The number of amides is 3. The summed E-state index contributed by atoms with van der Waals surface area (Å²) in [5.74, 6) is -2.60. The van der Waals surface area contributed by atoms with Crippen LogP contribution in [0.5, 0.6) is 0 Å². The SMILES string of the molecule is COC(=O)C(CNC(=O)CNC(=O)c1cccc(N)c1)NC(=O)c1c(Cl)cc(N2CCOCC2)cc1Cl. The van der Waals surface area contributed by atoms with Gasteiger partial charge in [-0.05, 0) is 30.3 Å². The van der Waals surface area contributed by atoms with E-state index in [2.05, 4.69) is 16.0 Å². The fraction of sp³-hybridized carbons (Fsp3) is 0.333. The first-order valence-corrected chi connectivity index (χ1v) is 12.1. The summed E-state index contributed by atoms with van der Waals surface area (Å²) in [6, 6.07) is 8.26. The van der Waals surface area contributed by atoms with E-state index in [1.165, 1.54) is 6.07 Å². The molecule has 1 aliphatic heterocycles. The Morgan fingerprint density at radius 3 is 2.35 bits per heavy atom. The van der Waals surface area contributed by atoms with Crippen molar-refractivity contribution in [3.63, 3.8) is 0 Å². The van der Waals surface area contributed by atoms with Crippen LogP contribution in [0.25, 0.3) is 0 Å². The number of anilines is 2. The van der Waals surface area contributed by atoms with Gasteiger partial charge in [-0.25, -0.2) is 4.79 Å². The second-order valence-corrected chi connectivity index (χ2v) is 8.86. The summed E-state index contributed by atoms with van der Waals surface area (Å²) in [4.78, 5) is 51.6. The van der Waals surface area contributed by atoms with Crippen molar-refractivity contribution in [1.29, 1.82) is 0 Å². The summed E-state index contributed by atoms with van der Waals surface area (Å²) in [5, 5.41) is 7.61. The molecule has 3 amide bonds. The lowest BCUT2D eigenvalue weighted by Gasteiger charge is -2.29. The van der Waals surface area contributed by atoms with Gasteiger partial charge in [0.15, 0.2) is 0 Å². The zero-order chi connectivity index (χ0) is 26.9. The van der Waals surface area contributed by atoms with Crippen molar-refractivity contribution in [3.05, 3.63) is 57.6 Å². The molecule has 0 bridgehead atoms. The molecule has 11 nitrogen and oxygen atoms in total. The van der Waals surface area contributed by atoms with Crippen LogP contribution in [0.15, 0.2) is 36.4 Å². The first-order valence-electron chi connectivity index (χ1n) is 11.3. The van der Waals surface area contributed by atoms with Gasteiger partial charge < -0.3 is 36.1 Å². The molecule has 5 N–H and O–H groups in total. The van der Waals surface area contributed by atoms with E-state index in [1.807, 2.05) is 4.90 Å². The quantitative estimate of drug-likeness (QED) is 0.268. The average molecular weight is 552 g/mol. The number of rotatable bonds is 9.